The first kappa shape index (κ1) is 18.6. The van der Waals surface area contributed by atoms with E-state index in [0.29, 0.717) is 30.2 Å². The third kappa shape index (κ3) is 5.13. The third-order valence-corrected chi connectivity index (χ3v) is 3.93. The largest absolute Gasteiger partial charge is 0.479 e. The summed E-state index contributed by atoms with van der Waals surface area (Å²) in [6, 6.07) is 14.4. The summed E-state index contributed by atoms with van der Waals surface area (Å²) in [4.78, 5) is 24.1. The number of rotatable bonds is 8. The van der Waals surface area contributed by atoms with Gasteiger partial charge in [-0.1, -0.05) is 31.2 Å². The van der Waals surface area contributed by atoms with Crippen molar-refractivity contribution in [3.63, 3.8) is 0 Å². The van der Waals surface area contributed by atoms with Gasteiger partial charge in [0.1, 0.15) is 5.75 Å². The summed E-state index contributed by atoms with van der Waals surface area (Å²) >= 11 is 0. The minimum Gasteiger partial charge on any atom is -0.479 e. The van der Waals surface area contributed by atoms with Crippen molar-refractivity contribution in [2.75, 3.05) is 13.4 Å². The zero-order valence-electron chi connectivity index (χ0n) is 15.0. The first-order valence-corrected chi connectivity index (χ1v) is 8.69. The Morgan fingerprint density at radius 1 is 1.11 bits per heavy atom. The first-order chi connectivity index (χ1) is 13.2. The molecule has 7 nitrogen and oxygen atoms in total. The Labute approximate surface area is 157 Å². The normalized spacial score (nSPS) is 12.9. The van der Waals surface area contributed by atoms with Gasteiger partial charge in [0, 0.05) is 6.54 Å². The summed E-state index contributed by atoms with van der Waals surface area (Å²) in [6.07, 6.45) is -0.318. The van der Waals surface area contributed by atoms with Gasteiger partial charge in [0.05, 0.1) is 0 Å². The summed E-state index contributed by atoms with van der Waals surface area (Å²) in [5, 5.41) is 2.70. The molecule has 1 aliphatic rings. The molecule has 0 aromatic heterocycles. The number of fused-ring (bicyclic) bond motifs is 1. The standard InChI is InChI=1S/C20H21NO6/c1-2-16(27-15-6-4-3-5-7-15)20(23)24-12-19(22)21-11-14-8-9-17-18(10-14)26-13-25-17/h3-10,16H,2,11-13H2,1H3,(H,21,22)/t16-/m1/s1. The second-order valence-electron chi connectivity index (χ2n) is 5.90. The van der Waals surface area contributed by atoms with Crippen molar-refractivity contribution in [3.8, 4) is 17.2 Å². The monoisotopic (exact) mass is 371 g/mol. The zero-order chi connectivity index (χ0) is 19.1. The van der Waals surface area contributed by atoms with Gasteiger partial charge in [-0.15, -0.1) is 0 Å². The van der Waals surface area contributed by atoms with Gasteiger partial charge < -0.3 is 24.3 Å². The van der Waals surface area contributed by atoms with E-state index in [1.807, 2.05) is 31.2 Å². The molecule has 1 heterocycles. The summed E-state index contributed by atoms with van der Waals surface area (Å²) in [5.41, 5.74) is 0.859. The van der Waals surface area contributed by atoms with Gasteiger partial charge in [-0.05, 0) is 36.2 Å². The lowest BCUT2D eigenvalue weighted by Crippen LogP contribution is -2.33. The highest BCUT2D eigenvalue weighted by Crippen LogP contribution is 2.32. The Bertz CT molecular complexity index is 792. The summed E-state index contributed by atoms with van der Waals surface area (Å²) in [6.45, 7) is 1.95. The van der Waals surface area contributed by atoms with Crippen LogP contribution in [0.4, 0.5) is 0 Å². The molecule has 2 aromatic rings. The average molecular weight is 371 g/mol. The van der Waals surface area contributed by atoms with Crippen LogP contribution >= 0.6 is 0 Å². The highest BCUT2D eigenvalue weighted by Gasteiger charge is 2.21. The molecule has 3 rings (SSSR count). The summed E-state index contributed by atoms with van der Waals surface area (Å²) < 4.78 is 21.2. The van der Waals surface area contributed by atoms with Crippen LogP contribution < -0.4 is 19.5 Å². The maximum Gasteiger partial charge on any atom is 0.347 e. The van der Waals surface area contributed by atoms with Crippen LogP contribution in [0.2, 0.25) is 0 Å². The number of nitrogens with one attached hydrogen (secondary N) is 1. The minimum atomic E-state index is -0.756. The molecule has 0 spiro atoms. The lowest BCUT2D eigenvalue weighted by atomic mass is 10.2. The maximum atomic E-state index is 12.1. The molecule has 1 aliphatic heterocycles. The fourth-order valence-corrected chi connectivity index (χ4v) is 2.49. The van der Waals surface area contributed by atoms with Crippen LogP contribution in [0.3, 0.4) is 0 Å². The molecule has 0 fully saturated rings. The molecule has 7 heteroatoms. The smallest absolute Gasteiger partial charge is 0.347 e. The Morgan fingerprint density at radius 3 is 2.67 bits per heavy atom. The van der Waals surface area contributed by atoms with Crippen LogP contribution in [-0.2, 0) is 20.9 Å². The average Bonchev–Trinajstić information content (AvgIpc) is 3.17. The second kappa shape index (κ2) is 8.93. The van der Waals surface area contributed by atoms with Gasteiger partial charge in [0.25, 0.3) is 5.91 Å². The number of benzene rings is 2. The highest BCUT2D eigenvalue weighted by molar-refractivity contribution is 5.82. The molecule has 142 valence electrons. The fraction of sp³-hybridized carbons (Fsp3) is 0.300. The molecule has 1 N–H and O–H groups in total. The second-order valence-corrected chi connectivity index (χ2v) is 5.90. The molecule has 0 unspecified atom stereocenters. The Morgan fingerprint density at radius 2 is 1.89 bits per heavy atom. The van der Waals surface area contributed by atoms with E-state index in [9.17, 15) is 9.59 Å². The van der Waals surface area contributed by atoms with Gasteiger partial charge in [0.2, 0.25) is 6.79 Å². The van der Waals surface area contributed by atoms with Gasteiger partial charge in [0.15, 0.2) is 24.2 Å². The third-order valence-electron chi connectivity index (χ3n) is 3.93. The van der Waals surface area contributed by atoms with E-state index in [1.54, 1.807) is 24.3 Å². The van der Waals surface area contributed by atoms with Crippen molar-refractivity contribution in [1.29, 1.82) is 0 Å². The van der Waals surface area contributed by atoms with Crippen molar-refractivity contribution >= 4 is 11.9 Å². The van der Waals surface area contributed by atoms with Crippen LogP contribution in [0.15, 0.2) is 48.5 Å². The number of amides is 1. The van der Waals surface area contributed by atoms with Crippen LogP contribution in [0, 0.1) is 0 Å². The van der Waals surface area contributed by atoms with Gasteiger partial charge >= 0.3 is 5.97 Å². The van der Waals surface area contributed by atoms with Gasteiger partial charge in [-0.2, -0.15) is 0 Å². The minimum absolute atomic E-state index is 0.199. The molecule has 1 atom stereocenters. The Hall–Kier alpha value is -3.22. The van der Waals surface area contributed by atoms with E-state index >= 15 is 0 Å². The highest BCUT2D eigenvalue weighted by atomic mass is 16.7. The van der Waals surface area contributed by atoms with Crippen molar-refractivity contribution < 1.29 is 28.5 Å². The van der Waals surface area contributed by atoms with Crippen LogP contribution in [-0.4, -0.2) is 31.4 Å². The fourth-order valence-electron chi connectivity index (χ4n) is 2.49. The molecular formula is C20H21NO6. The van der Waals surface area contributed by atoms with E-state index in [4.69, 9.17) is 18.9 Å². The van der Waals surface area contributed by atoms with E-state index in [1.165, 1.54) is 0 Å². The van der Waals surface area contributed by atoms with E-state index in [2.05, 4.69) is 5.32 Å². The van der Waals surface area contributed by atoms with Crippen LogP contribution in [0.5, 0.6) is 17.2 Å². The van der Waals surface area contributed by atoms with Crippen molar-refractivity contribution in [2.45, 2.75) is 26.0 Å². The first-order valence-electron chi connectivity index (χ1n) is 8.69. The predicted octanol–water partition coefficient (Wildman–Crippen LogP) is 2.43. The van der Waals surface area contributed by atoms with E-state index in [0.717, 1.165) is 5.56 Å². The van der Waals surface area contributed by atoms with Crippen molar-refractivity contribution in [1.82, 2.24) is 5.32 Å². The lowest BCUT2D eigenvalue weighted by molar-refractivity contribution is -0.155. The molecular weight excluding hydrogens is 350 g/mol. The number of carbonyl (C=O) groups is 2. The van der Waals surface area contributed by atoms with E-state index < -0.39 is 18.0 Å². The molecule has 0 aliphatic carbocycles. The number of carbonyl (C=O) groups excluding carboxylic acids is 2. The summed E-state index contributed by atoms with van der Waals surface area (Å²) in [7, 11) is 0. The Kier molecular flexibility index (Phi) is 6.14. The number of hydrogen-bond acceptors (Lipinski definition) is 6. The van der Waals surface area contributed by atoms with Gasteiger partial charge in [-0.25, -0.2) is 4.79 Å². The molecule has 2 aromatic carbocycles. The number of esters is 1. The SMILES string of the molecule is CC[C@@H](Oc1ccccc1)C(=O)OCC(=O)NCc1ccc2c(c1)OCO2. The molecule has 0 bridgehead atoms. The quantitative estimate of drug-likeness (QED) is 0.718. The number of hydrogen-bond donors (Lipinski definition) is 1. The maximum absolute atomic E-state index is 12.1. The topological polar surface area (TPSA) is 83.1 Å². The van der Waals surface area contributed by atoms with E-state index in [-0.39, 0.29) is 13.4 Å². The van der Waals surface area contributed by atoms with Crippen molar-refractivity contribution in [3.05, 3.63) is 54.1 Å². The predicted molar refractivity (Wildman–Crippen MR) is 96.5 cm³/mol. The zero-order valence-corrected chi connectivity index (χ0v) is 15.0. The molecule has 27 heavy (non-hydrogen) atoms. The van der Waals surface area contributed by atoms with Crippen molar-refractivity contribution in [2.24, 2.45) is 0 Å². The molecule has 0 radical (unpaired) electrons. The molecule has 0 saturated heterocycles. The number of para-hydroxylation sites is 1. The van der Waals surface area contributed by atoms with Crippen LogP contribution in [0.1, 0.15) is 18.9 Å². The van der Waals surface area contributed by atoms with Gasteiger partial charge in [-0.3, -0.25) is 4.79 Å². The molecule has 1 amide bonds. The summed E-state index contributed by atoms with van der Waals surface area (Å²) in [5.74, 6) is 0.948. The van der Waals surface area contributed by atoms with Crippen LogP contribution in [0.25, 0.3) is 0 Å². The lowest BCUT2D eigenvalue weighted by Gasteiger charge is -2.16. The Balaban J connectivity index is 1.43. The number of ether oxygens (including phenoxy) is 4. The molecule has 0 saturated carbocycles.